The van der Waals surface area contributed by atoms with E-state index in [0.29, 0.717) is 17.1 Å². The van der Waals surface area contributed by atoms with E-state index in [9.17, 15) is 4.79 Å². The molecule has 2 heterocycles. The summed E-state index contributed by atoms with van der Waals surface area (Å²) in [7, 11) is 0. The highest BCUT2D eigenvalue weighted by Gasteiger charge is 2.15. The molecule has 3 rings (SSSR count). The molecule has 0 unspecified atom stereocenters. The maximum absolute atomic E-state index is 11.0. The lowest BCUT2D eigenvalue weighted by atomic mass is 10.2. The molecule has 3 aromatic rings. The average Bonchev–Trinajstić information content (AvgIpc) is 2.97. The van der Waals surface area contributed by atoms with Crippen LogP contribution in [-0.4, -0.2) is 15.6 Å². The number of carboxylic acid groups (broad SMARTS) is 1. The Morgan fingerprint density at radius 1 is 1.32 bits per heavy atom. The van der Waals surface area contributed by atoms with Crippen molar-refractivity contribution in [3.63, 3.8) is 0 Å². The van der Waals surface area contributed by atoms with Crippen molar-refractivity contribution in [2.75, 3.05) is 0 Å². The quantitative estimate of drug-likeness (QED) is 0.794. The molecule has 0 spiro atoms. The van der Waals surface area contributed by atoms with E-state index in [0.717, 1.165) is 10.9 Å². The number of furan rings is 1. The molecule has 4 nitrogen and oxygen atoms in total. The fraction of sp³-hybridized carbons (Fsp3) is 0.0714. The summed E-state index contributed by atoms with van der Waals surface area (Å²) in [5.74, 6) is -1.10. The Balaban J connectivity index is 2.06. The van der Waals surface area contributed by atoms with Crippen LogP contribution in [0.2, 0.25) is 5.02 Å². The van der Waals surface area contributed by atoms with Crippen LogP contribution in [0.25, 0.3) is 10.9 Å². The van der Waals surface area contributed by atoms with Crippen LogP contribution in [0, 0.1) is 0 Å². The average molecular weight is 276 g/mol. The smallest absolute Gasteiger partial charge is 0.372 e. The lowest BCUT2D eigenvalue weighted by molar-refractivity contribution is 0.0660. The van der Waals surface area contributed by atoms with Gasteiger partial charge in [-0.2, -0.15) is 0 Å². The Morgan fingerprint density at radius 3 is 2.89 bits per heavy atom. The van der Waals surface area contributed by atoms with E-state index >= 15 is 0 Å². The van der Waals surface area contributed by atoms with E-state index in [2.05, 4.69) is 0 Å². The molecule has 0 radical (unpaired) electrons. The zero-order chi connectivity index (χ0) is 13.4. The molecule has 0 saturated carbocycles. The Morgan fingerprint density at radius 2 is 2.11 bits per heavy atom. The van der Waals surface area contributed by atoms with Crippen molar-refractivity contribution in [3.05, 3.63) is 59.1 Å². The monoisotopic (exact) mass is 275 g/mol. The highest BCUT2D eigenvalue weighted by atomic mass is 35.5. The summed E-state index contributed by atoms with van der Waals surface area (Å²) in [6, 6.07) is 9.37. The van der Waals surface area contributed by atoms with Crippen molar-refractivity contribution in [1.82, 2.24) is 4.57 Å². The Hall–Kier alpha value is -2.20. The highest BCUT2D eigenvalue weighted by Crippen LogP contribution is 2.26. The molecular weight excluding hydrogens is 266 g/mol. The predicted octanol–water partition coefficient (Wildman–Crippen LogP) is 3.63. The van der Waals surface area contributed by atoms with Gasteiger partial charge in [0.05, 0.1) is 17.8 Å². The third kappa shape index (κ3) is 2.00. The molecular formula is C14H10ClNO3. The third-order valence-corrected chi connectivity index (χ3v) is 3.32. The van der Waals surface area contributed by atoms with Gasteiger partial charge < -0.3 is 14.1 Å². The van der Waals surface area contributed by atoms with Crippen LogP contribution >= 0.6 is 11.6 Å². The number of aromatic carboxylic acids is 1. The summed E-state index contributed by atoms with van der Waals surface area (Å²) < 4.78 is 6.88. The number of aromatic nitrogens is 1. The van der Waals surface area contributed by atoms with Crippen LogP contribution in [0.15, 0.2) is 47.2 Å². The number of hydrogen-bond acceptors (Lipinski definition) is 2. The SMILES string of the molecule is O=C(O)c1occc1Cn1cc(Cl)c2ccccc21. The number of halogens is 1. The van der Waals surface area contributed by atoms with Gasteiger partial charge in [0.1, 0.15) is 0 Å². The van der Waals surface area contributed by atoms with Crippen LogP contribution in [0.1, 0.15) is 16.1 Å². The van der Waals surface area contributed by atoms with Gasteiger partial charge in [0, 0.05) is 22.7 Å². The largest absolute Gasteiger partial charge is 0.475 e. The molecule has 0 aliphatic rings. The van der Waals surface area contributed by atoms with E-state index < -0.39 is 5.97 Å². The highest BCUT2D eigenvalue weighted by molar-refractivity contribution is 6.35. The normalized spacial score (nSPS) is 11.0. The number of carboxylic acids is 1. The van der Waals surface area contributed by atoms with Crippen LogP contribution in [0.3, 0.4) is 0 Å². The first kappa shape index (κ1) is 11.9. The first-order valence-electron chi connectivity index (χ1n) is 5.70. The minimum absolute atomic E-state index is 0.0334. The number of nitrogens with zero attached hydrogens (tertiary/aromatic N) is 1. The first-order chi connectivity index (χ1) is 9.16. The van der Waals surface area contributed by atoms with E-state index in [1.165, 1.54) is 6.26 Å². The summed E-state index contributed by atoms with van der Waals surface area (Å²) in [4.78, 5) is 11.0. The predicted molar refractivity (Wildman–Crippen MR) is 71.7 cm³/mol. The topological polar surface area (TPSA) is 55.4 Å². The van der Waals surface area contributed by atoms with Gasteiger partial charge in [-0.3, -0.25) is 0 Å². The summed E-state index contributed by atoms with van der Waals surface area (Å²) >= 11 is 6.16. The van der Waals surface area contributed by atoms with E-state index in [1.807, 2.05) is 28.8 Å². The fourth-order valence-corrected chi connectivity index (χ4v) is 2.44. The third-order valence-electron chi connectivity index (χ3n) is 3.02. The molecule has 5 heteroatoms. The fourth-order valence-electron chi connectivity index (χ4n) is 2.16. The molecule has 2 aromatic heterocycles. The van der Waals surface area contributed by atoms with Gasteiger partial charge in [-0.1, -0.05) is 29.8 Å². The van der Waals surface area contributed by atoms with Crippen LogP contribution in [0.4, 0.5) is 0 Å². The maximum Gasteiger partial charge on any atom is 0.372 e. The molecule has 0 amide bonds. The minimum Gasteiger partial charge on any atom is -0.475 e. The second-order valence-corrected chi connectivity index (χ2v) is 4.61. The van der Waals surface area contributed by atoms with Crippen LogP contribution < -0.4 is 0 Å². The second-order valence-electron chi connectivity index (χ2n) is 4.20. The summed E-state index contributed by atoms with van der Waals surface area (Å²) in [5.41, 5.74) is 1.58. The number of para-hydroxylation sites is 1. The number of rotatable bonds is 3. The standard InChI is InChI=1S/C14H10ClNO3/c15-11-8-16(12-4-2-1-3-10(11)12)7-9-5-6-19-13(9)14(17)18/h1-6,8H,7H2,(H,17,18). The number of benzene rings is 1. The first-order valence-corrected chi connectivity index (χ1v) is 6.07. The summed E-state index contributed by atoms with van der Waals surface area (Å²) in [6.07, 6.45) is 3.18. The molecule has 0 atom stereocenters. The zero-order valence-electron chi connectivity index (χ0n) is 9.84. The lowest BCUT2D eigenvalue weighted by Gasteiger charge is -2.04. The van der Waals surface area contributed by atoms with Crippen molar-refractivity contribution >= 4 is 28.5 Å². The number of carbonyl (C=O) groups is 1. The lowest BCUT2D eigenvalue weighted by Crippen LogP contribution is -2.03. The van der Waals surface area contributed by atoms with Crippen molar-refractivity contribution < 1.29 is 14.3 Å². The molecule has 1 N–H and O–H groups in total. The van der Waals surface area contributed by atoms with Gasteiger partial charge in [-0.15, -0.1) is 0 Å². The minimum atomic E-state index is -1.07. The van der Waals surface area contributed by atoms with E-state index in [-0.39, 0.29) is 5.76 Å². The molecule has 1 aromatic carbocycles. The van der Waals surface area contributed by atoms with Crippen molar-refractivity contribution in [2.24, 2.45) is 0 Å². The maximum atomic E-state index is 11.0. The molecule has 0 aliphatic carbocycles. The number of hydrogen-bond donors (Lipinski definition) is 1. The van der Waals surface area contributed by atoms with Gasteiger partial charge >= 0.3 is 5.97 Å². The number of fused-ring (bicyclic) bond motifs is 1. The van der Waals surface area contributed by atoms with E-state index in [1.54, 1.807) is 12.3 Å². The zero-order valence-corrected chi connectivity index (χ0v) is 10.6. The van der Waals surface area contributed by atoms with Crippen molar-refractivity contribution in [3.8, 4) is 0 Å². The van der Waals surface area contributed by atoms with Gasteiger partial charge in [0.2, 0.25) is 5.76 Å². The molecule has 0 saturated heterocycles. The summed E-state index contributed by atoms with van der Waals surface area (Å²) in [5, 5.41) is 10.6. The Kier molecular flexibility index (Phi) is 2.80. The van der Waals surface area contributed by atoms with Crippen LogP contribution in [-0.2, 0) is 6.54 Å². The van der Waals surface area contributed by atoms with Crippen LogP contribution in [0.5, 0.6) is 0 Å². The van der Waals surface area contributed by atoms with Crippen molar-refractivity contribution in [1.29, 1.82) is 0 Å². The van der Waals surface area contributed by atoms with Gasteiger partial charge in [0.25, 0.3) is 0 Å². The molecule has 0 aliphatic heterocycles. The summed E-state index contributed by atoms with van der Waals surface area (Å²) in [6.45, 7) is 0.408. The van der Waals surface area contributed by atoms with Gasteiger partial charge in [-0.05, 0) is 12.1 Å². The molecule has 0 fully saturated rings. The Labute approximate surface area is 113 Å². The molecule has 96 valence electrons. The second kappa shape index (κ2) is 4.48. The molecule has 19 heavy (non-hydrogen) atoms. The van der Waals surface area contributed by atoms with E-state index in [4.69, 9.17) is 21.1 Å². The van der Waals surface area contributed by atoms with Gasteiger partial charge in [-0.25, -0.2) is 4.79 Å². The molecule has 0 bridgehead atoms. The van der Waals surface area contributed by atoms with Gasteiger partial charge in [0.15, 0.2) is 0 Å². The van der Waals surface area contributed by atoms with Crippen molar-refractivity contribution in [2.45, 2.75) is 6.54 Å². The Bertz CT molecular complexity index is 757.